The Bertz CT molecular complexity index is 1210. The number of carbonyl (C=O) groups is 1. The number of fused-ring (bicyclic) bond motifs is 3. The third-order valence-electron chi connectivity index (χ3n) is 5.75. The maximum absolute atomic E-state index is 12.9. The molecular formula is C24H22N4O3S. The fourth-order valence-corrected chi connectivity index (χ4v) is 5.54. The molecule has 0 fully saturated rings. The van der Waals surface area contributed by atoms with Gasteiger partial charge in [-0.2, -0.15) is 0 Å². The van der Waals surface area contributed by atoms with Crippen LogP contribution in [0.2, 0.25) is 0 Å². The van der Waals surface area contributed by atoms with Crippen LogP contribution in [0.25, 0.3) is 6.08 Å². The van der Waals surface area contributed by atoms with Crippen molar-refractivity contribution in [3.8, 4) is 0 Å². The molecule has 2 N–H and O–H groups in total. The summed E-state index contributed by atoms with van der Waals surface area (Å²) in [7, 11) is 0. The number of benzene rings is 2. The number of anilines is 1. The van der Waals surface area contributed by atoms with Crippen LogP contribution < -0.4 is 10.6 Å². The van der Waals surface area contributed by atoms with Crippen molar-refractivity contribution < 1.29 is 9.72 Å². The van der Waals surface area contributed by atoms with Gasteiger partial charge in [-0.3, -0.25) is 19.8 Å². The molecule has 0 unspecified atom stereocenters. The molecule has 8 heteroatoms. The van der Waals surface area contributed by atoms with Crippen LogP contribution in [0, 0.1) is 10.1 Å². The topological polar surface area (TPSA) is 87.5 Å². The summed E-state index contributed by atoms with van der Waals surface area (Å²) in [5.41, 5.74) is 3.97. The highest BCUT2D eigenvalue weighted by Crippen LogP contribution is 2.39. The Morgan fingerprint density at radius 2 is 2.00 bits per heavy atom. The van der Waals surface area contributed by atoms with Crippen LogP contribution in [0.3, 0.4) is 0 Å². The summed E-state index contributed by atoms with van der Waals surface area (Å²) in [6.07, 6.45) is 4.10. The van der Waals surface area contributed by atoms with Crippen LogP contribution in [0.15, 0.2) is 60.7 Å². The molecule has 3 aromatic rings. The van der Waals surface area contributed by atoms with Crippen LogP contribution in [-0.4, -0.2) is 28.4 Å². The van der Waals surface area contributed by atoms with E-state index < -0.39 is 4.92 Å². The van der Waals surface area contributed by atoms with E-state index in [-0.39, 0.29) is 17.8 Å². The molecule has 1 atom stereocenters. The number of carbonyl (C=O) groups excluding carboxylic acids is 1. The van der Waals surface area contributed by atoms with Crippen LogP contribution in [-0.2, 0) is 19.5 Å². The molecule has 0 spiro atoms. The van der Waals surface area contributed by atoms with Gasteiger partial charge < -0.3 is 10.6 Å². The van der Waals surface area contributed by atoms with E-state index in [1.807, 2.05) is 12.1 Å². The molecule has 1 amide bonds. The van der Waals surface area contributed by atoms with Gasteiger partial charge in [-0.15, -0.1) is 11.3 Å². The highest BCUT2D eigenvalue weighted by Gasteiger charge is 2.32. The number of thiophene rings is 1. The zero-order valence-corrected chi connectivity index (χ0v) is 18.1. The summed E-state index contributed by atoms with van der Waals surface area (Å²) in [4.78, 5) is 27.1. The number of nitrogens with one attached hydrogen (secondary N) is 2. The second-order valence-corrected chi connectivity index (χ2v) is 9.07. The Hall–Kier alpha value is -3.49. The van der Waals surface area contributed by atoms with E-state index in [1.54, 1.807) is 29.5 Å². The summed E-state index contributed by atoms with van der Waals surface area (Å²) in [6, 6.07) is 16.8. The highest BCUT2D eigenvalue weighted by molar-refractivity contribution is 7.16. The fraction of sp³-hybridized carbons (Fsp3) is 0.208. The molecular weight excluding hydrogens is 424 g/mol. The molecule has 5 rings (SSSR count). The van der Waals surface area contributed by atoms with Crippen molar-refractivity contribution >= 4 is 34.0 Å². The van der Waals surface area contributed by atoms with E-state index in [4.69, 9.17) is 0 Å². The van der Waals surface area contributed by atoms with Crippen molar-refractivity contribution in [3.63, 3.8) is 0 Å². The molecule has 162 valence electrons. The van der Waals surface area contributed by atoms with Crippen molar-refractivity contribution in [2.45, 2.75) is 25.7 Å². The number of amides is 1. The minimum Gasteiger partial charge on any atom is -0.353 e. The Morgan fingerprint density at radius 3 is 2.81 bits per heavy atom. The molecule has 0 saturated heterocycles. The summed E-state index contributed by atoms with van der Waals surface area (Å²) in [5, 5.41) is 18.3. The van der Waals surface area contributed by atoms with Gasteiger partial charge >= 0.3 is 0 Å². The second kappa shape index (κ2) is 8.57. The van der Waals surface area contributed by atoms with E-state index in [9.17, 15) is 14.9 Å². The van der Waals surface area contributed by atoms with Gasteiger partial charge in [-0.1, -0.05) is 48.5 Å². The van der Waals surface area contributed by atoms with E-state index in [2.05, 4.69) is 39.8 Å². The minimum absolute atomic E-state index is 0.0427. The Labute approximate surface area is 189 Å². The fourth-order valence-electron chi connectivity index (χ4n) is 4.21. The normalized spacial score (nSPS) is 18.0. The lowest BCUT2D eigenvalue weighted by molar-refractivity contribution is -0.384. The standard InChI is InChI=1S/C24H22N4O3S/c29-23-22-19-11-12-27(14-17-5-2-1-3-6-17)15-20(19)32-24(22)26-21(25-23)10-9-16-7-4-8-18(13-16)28(30)31/h1-10,13,21,26H,11-12,14-15H2,(H,25,29)/b10-9-/t21-/m0/s1. The highest BCUT2D eigenvalue weighted by atomic mass is 32.1. The average Bonchev–Trinajstić information content (AvgIpc) is 3.16. The molecule has 2 aromatic carbocycles. The molecule has 2 aliphatic rings. The maximum atomic E-state index is 12.9. The van der Waals surface area contributed by atoms with Crippen LogP contribution in [0.4, 0.5) is 10.7 Å². The second-order valence-electron chi connectivity index (χ2n) is 7.96. The summed E-state index contributed by atoms with van der Waals surface area (Å²) in [5.74, 6) is -0.0681. The van der Waals surface area contributed by atoms with Crippen molar-refractivity contribution in [1.29, 1.82) is 0 Å². The number of nitro benzene ring substituents is 1. The van der Waals surface area contributed by atoms with Crippen molar-refractivity contribution in [3.05, 3.63) is 97.9 Å². The molecule has 3 heterocycles. The van der Waals surface area contributed by atoms with E-state index >= 15 is 0 Å². The predicted octanol–water partition coefficient (Wildman–Crippen LogP) is 4.41. The minimum atomic E-state index is -0.415. The number of non-ortho nitro benzene ring substituents is 1. The molecule has 32 heavy (non-hydrogen) atoms. The van der Waals surface area contributed by atoms with Gasteiger partial charge in [0, 0.05) is 36.6 Å². The third-order valence-corrected chi connectivity index (χ3v) is 6.90. The van der Waals surface area contributed by atoms with Gasteiger partial charge in [0.15, 0.2) is 0 Å². The molecule has 2 aliphatic heterocycles. The average molecular weight is 447 g/mol. The van der Waals surface area contributed by atoms with Crippen LogP contribution >= 0.6 is 11.3 Å². The Morgan fingerprint density at radius 1 is 1.16 bits per heavy atom. The van der Waals surface area contributed by atoms with Crippen molar-refractivity contribution in [1.82, 2.24) is 10.2 Å². The molecule has 0 bridgehead atoms. The Balaban J connectivity index is 1.31. The number of nitro groups is 1. The van der Waals surface area contributed by atoms with E-state index in [0.717, 1.165) is 42.2 Å². The first-order chi connectivity index (χ1) is 15.6. The van der Waals surface area contributed by atoms with Gasteiger partial charge in [0.05, 0.1) is 10.5 Å². The van der Waals surface area contributed by atoms with Gasteiger partial charge in [-0.25, -0.2) is 0 Å². The van der Waals surface area contributed by atoms with E-state index in [0.29, 0.717) is 5.56 Å². The third kappa shape index (κ3) is 4.15. The number of hydrogen-bond donors (Lipinski definition) is 2. The monoisotopic (exact) mass is 446 g/mol. The van der Waals surface area contributed by atoms with E-state index in [1.165, 1.54) is 22.6 Å². The van der Waals surface area contributed by atoms with Gasteiger partial charge in [-0.05, 0) is 29.2 Å². The zero-order chi connectivity index (χ0) is 22.1. The largest absolute Gasteiger partial charge is 0.353 e. The van der Waals surface area contributed by atoms with Crippen molar-refractivity contribution in [2.75, 3.05) is 11.9 Å². The van der Waals surface area contributed by atoms with Crippen LogP contribution in [0.5, 0.6) is 0 Å². The maximum Gasteiger partial charge on any atom is 0.270 e. The molecule has 1 aromatic heterocycles. The lowest BCUT2D eigenvalue weighted by Crippen LogP contribution is -2.43. The van der Waals surface area contributed by atoms with Crippen molar-refractivity contribution in [2.24, 2.45) is 0 Å². The predicted molar refractivity (Wildman–Crippen MR) is 126 cm³/mol. The summed E-state index contributed by atoms with van der Waals surface area (Å²) in [6.45, 7) is 2.66. The first-order valence-electron chi connectivity index (χ1n) is 10.5. The number of rotatable bonds is 5. The summed E-state index contributed by atoms with van der Waals surface area (Å²) >= 11 is 1.65. The zero-order valence-electron chi connectivity index (χ0n) is 17.3. The lowest BCUT2D eigenvalue weighted by Gasteiger charge is -2.28. The molecule has 0 radical (unpaired) electrons. The van der Waals surface area contributed by atoms with Gasteiger partial charge in [0.1, 0.15) is 11.2 Å². The molecule has 0 aliphatic carbocycles. The smallest absolute Gasteiger partial charge is 0.270 e. The summed E-state index contributed by atoms with van der Waals surface area (Å²) < 4.78 is 0. The first-order valence-corrected chi connectivity index (χ1v) is 11.3. The van der Waals surface area contributed by atoms with Gasteiger partial charge in [0.2, 0.25) is 0 Å². The quantitative estimate of drug-likeness (QED) is 0.448. The SMILES string of the molecule is O=C1N[C@H](/C=C\c2cccc([N+](=O)[O-])c2)Nc2sc3c(c21)CCN(Cc1ccccc1)C3. The molecule has 7 nitrogen and oxygen atoms in total. The number of nitrogens with zero attached hydrogens (tertiary/aromatic N) is 2. The molecule has 0 saturated carbocycles. The Kier molecular flexibility index (Phi) is 5.46. The van der Waals surface area contributed by atoms with Crippen LogP contribution in [0.1, 0.15) is 31.9 Å². The number of hydrogen-bond acceptors (Lipinski definition) is 6. The lowest BCUT2D eigenvalue weighted by atomic mass is 10.0. The first kappa shape index (κ1) is 20.4. The van der Waals surface area contributed by atoms with Gasteiger partial charge in [0.25, 0.3) is 11.6 Å².